The molecule has 2 fully saturated rings. The van der Waals surface area contributed by atoms with E-state index in [-0.39, 0.29) is 11.5 Å². The van der Waals surface area contributed by atoms with Gasteiger partial charge in [-0.3, -0.25) is 4.79 Å². The van der Waals surface area contributed by atoms with E-state index in [0.717, 1.165) is 61.7 Å². The highest BCUT2D eigenvalue weighted by Gasteiger charge is 2.47. The number of carbonyl (C=O) groups excluding carboxylic acids is 1. The SMILES string of the molecule is C[C@H]1CN(C)CC[C@]12Cc1cc(NC(=O)c3cnn4cccnc34)c(N3CCOCC3)cc1O2. The predicted octanol–water partition coefficient (Wildman–Crippen LogP) is 2.46. The molecule has 1 amide bonds. The average molecular weight is 463 g/mol. The van der Waals surface area contributed by atoms with Crippen molar-refractivity contribution in [1.82, 2.24) is 19.5 Å². The Balaban J connectivity index is 1.35. The number of anilines is 2. The van der Waals surface area contributed by atoms with Crippen molar-refractivity contribution in [3.05, 3.63) is 47.9 Å². The Hall–Kier alpha value is -3.17. The minimum absolute atomic E-state index is 0.174. The molecule has 0 aliphatic carbocycles. The van der Waals surface area contributed by atoms with Crippen LogP contribution in [0, 0.1) is 5.92 Å². The van der Waals surface area contributed by atoms with Gasteiger partial charge >= 0.3 is 0 Å². The summed E-state index contributed by atoms with van der Waals surface area (Å²) in [4.78, 5) is 22.3. The van der Waals surface area contributed by atoms with Crippen molar-refractivity contribution in [2.45, 2.75) is 25.4 Å². The maximum atomic E-state index is 13.3. The fourth-order valence-electron chi connectivity index (χ4n) is 5.53. The Bertz CT molecular complexity index is 1240. The van der Waals surface area contributed by atoms with Crippen LogP contribution in [0.25, 0.3) is 5.65 Å². The molecule has 0 radical (unpaired) electrons. The average Bonchev–Trinajstić information content (AvgIpc) is 3.44. The molecule has 3 aromatic rings. The molecular formula is C25H30N6O3. The Morgan fingerprint density at radius 2 is 2.09 bits per heavy atom. The fraction of sp³-hybridized carbons (Fsp3) is 0.480. The van der Waals surface area contributed by atoms with Gasteiger partial charge in [-0.25, -0.2) is 9.50 Å². The van der Waals surface area contributed by atoms with Crippen molar-refractivity contribution in [1.29, 1.82) is 0 Å². The van der Waals surface area contributed by atoms with Crippen LogP contribution in [-0.2, 0) is 11.2 Å². The zero-order valence-corrected chi connectivity index (χ0v) is 19.7. The summed E-state index contributed by atoms with van der Waals surface area (Å²) in [5, 5.41) is 7.43. The number of aromatic nitrogens is 3. The predicted molar refractivity (Wildman–Crippen MR) is 129 cm³/mol. The third-order valence-electron chi connectivity index (χ3n) is 7.51. The van der Waals surface area contributed by atoms with Gasteiger partial charge in [-0.2, -0.15) is 5.10 Å². The number of rotatable bonds is 3. The van der Waals surface area contributed by atoms with Gasteiger partial charge < -0.3 is 24.6 Å². The van der Waals surface area contributed by atoms with E-state index in [4.69, 9.17) is 9.47 Å². The second-order valence-electron chi connectivity index (χ2n) is 9.73. The van der Waals surface area contributed by atoms with Crippen molar-refractivity contribution < 1.29 is 14.3 Å². The fourth-order valence-corrected chi connectivity index (χ4v) is 5.53. The van der Waals surface area contributed by atoms with Crippen LogP contribution < -0.4 is 15.0 Å². The number of morpholine rings is 1. The van der Waals surface area contributed by atoms with E-state index in [1.807, 2.05) is 0 Å². The molecule has 0 saturated carbocycles. The first-order valence-corrected chi connectivity index (χ1v) is 12.0. The zero-order chi connectivity index (χ0) is 23.3. The lowest BCUT2D eigenvalue weighted by Gasteiger charge is -2.42. The second-order valence-corrected chi connectivity index (χ2v) is 9.73. The van der Waals surface area contributed by atoms with Crippen molar-refractivity contribution in [3.8, 4) is 5.75 Å². The van der Waals surface area contributed by atoms with Crippen LogP contribution in [0.4, 0.5) is 11.4 Å². The second kappa shape index (κ2) is 8.25. The van der Waals surface area contributed by atoms with Crippen molar-refractivity contribution in [2.75, 3.05) is 56.7 Å². The molecule has 0 unspecified atom stereocenters. The Morgan fingerprint density at radius 3 is 2.91 bits per heavy atom. The molecule has 34 heavy (non-hydrogen) atoms. The summed E-state index contributed by atoms with van der Waals surface area (Å²) in [7, 11) is 2.17. The molecule has 1 N–H and O–H groups in total. The number of hydrogen-bond donors (Lipinski definition) is 1. The van der Waals surface area contributed by atoms with E-state index in [0.29, 0.717) is 30.3 Å². The minimum atomic E-state index is -0.218. The van der Waals surface area contributed by atoms with Crippen molar-refractivity contribution >= 4 is 22.9 Å². The van der Waals surface area contributed by atoms with Gasteiger partial charge in [0.1, 0.15) is 16.9 Å². The van der Waals surface area contributed by atoms with Crippen molar-refractivity contribution in [2.24, 2.45) is 5.92 Å². The Kier molecular flexibility index (Phi) is 5.18. The Morgan fingerprint density at radius 1 is 1.24 bits per heavy atom. The quantitative estimate of drug-likeness (QED) is 0.640. The first kappa shape index (κ1) is 21.4. The normalized spacial score (nSPS) is 24.9. The van der Waals surface area contributed by atoms with E-state index < -0.39 is 0 Å². The van der Waals surface area contributed by atoms with Crippen LogP contribution in [0.5, 0.6) is 5.75 Å². The number of amides is 1. The number of carbonyl (C=O) groups is 1. The van der Waals surface area contributed by atoms with Crippen LogP contribution in [0.15, 0.2) is 36.8 Å². The topological polar surface area (TPSA) is 84.2 Å². The highest BCUT2D eigenvalue weighted by molar-refractivity contribution is 6.09. The van der Waals surface area contributed by atoms with Crippen molar-refractivity contribution in [3.63, 3.8) is 0 Å². The number of nitrogens with zero attached hydrogens (tertiary/aromatic N) is 5. The van der Waals surface area contributed by atoms with Gasteiger partial charge in [0.15, 0.2) is 5.65 Å². The zero-order valence-electron chi connectivity index (χ0n) is 19.7. The van der Waals surface area contributed by atoms with Crippen LogP contribution >= 0.6 is 0 Å². The van der Waals surface area contributed by atoms with Gasteiger partial charge in [-0.15, -0.1) is 0 Å². The van der Waals surface area contributed by atoms with Crippen LogP contribution in [0.3, 0.4) is 0 Å². The molecule has 1 aromatic carbocycles. The Labute approximate surface area is 198 Å². The summed E-state index contributed by atoms with van der Waals surface area (Å²) >= 11 is 0. The van der Waals surface area contributed by atoms with Gasteiger partial charge in [-0.05, 0) is 19.2 Å². The summed E-state index contributed by atoms with van der Waals surface area (Å²) in [5.74, 6) is 1.14. The molecule has 5 heterocycles. The molecule has 178 valence electrons. The van der Waals surface area contributed by atoms with E-state index >= 15 is 0 Å². The maximum Gasteiger partial charge on any atom is 0.261 e. The summed E-state index contributed by atoms with van der Waals surface area (Å²) < 4.78 is 13.9. The molecule has 0 bridgehead atoms. The summed E-state index contributed by atoms with van der Waals surface area (Å²) in [6.07, 6.45) is 6.89. The molecule has 6 rings (SSSR count). The van der Waals surface area contributed by atoms with Gasteiger partial charge in [0.05, 0.1) is 30.8 Å². The van der Waals surface area contributed by atoms with Crippen LogP contribution in [0.1, 0.15) is 29.3 Å². The molecule has 2 saturated heterocycles. The molecule has 3 aliphatic heterocycles. The van der Waals surface area contributed by atoms with E-state index in [1.165, 1.54) is 0 Å². The maximum absolute atomic E-state index is 13.3. The first-order chi connectivity index (χ1) is 16.5. The largest absolute Gasteiger partial charge is 0.486 e. The van der Waals surface area contributed by atoms with E-state index in [9.17, 15) is 4.79 Å². The monoisotopic (exact) mass is 462 g/mol. The number of fused-ring (bicyclic) bond motifs is 2. The third-order valence-corrected chi connectivity index (χ3v) is 7.51. The molecule has 9 heteroatoms. The molecule has 9 nitrogen and oxygen atoms in total. The third kappa shape index (κ3) is 3.59. The lowest BCUT2D eigenvalue weighted by molar-refractivity contribution is -0.0212. The lowest BCUT2D eigenvalue weighted by Crippen LogP contribution is -2.52. The standard InChI is InChI=1S/C25H30N6O3/c1-17-16-29(2)7-4-25(17)14-18-12-20(21(13-22(18)34-25)30-8-10-33-11-9-30)28-24(32)19-15-27-31-6-3-5-26-23(19)31/h3,5-6,12-13,15,17H,4,7-11,14,16H2,1-2H3,(H,28,32)/t17-,25-/m0/s1. The number of benzene rings is 1. The number of likely N-dealkylation sites (tertiary alicyclic amines) is 1. The van der Waals surface area contributed by atoms with Gasteiger partial charge in [0.25, 0.3) is 5.91 Å². The first-order valence-electron chi connectivity index (χ1n) is 12.0. The van der Waals surface area contributed by atoms with Gasteiger partial charge in [0, 0.05) is 69.0 Å². The number of nitrogens with one attached hydrogen (secondary N) is 1. The van der Waals surface area contributed by atoms with E-state index in [1.54, 1.807) is 29.2 Å². The number of ether oxygens (including phenoxy) is 2. The number of hydrogen-bond acceptors (Lipinski definition) is 7. The molecule has 2 atom stereocenters. The molecular weight excluding hydrogens is 432 g/mol. The van der Waals surface area contributed by atoms with E-state index in [2.05, 4.69) is 51.3 Å². The summed E-state index contributed by atoms with van der Waals surface area (Å²) in [6.45, 7) is 7.20. The molecule has 2 aromatic heterocycles. The molecule has 3 aliphatic rings. The minimum Gasteiger partial charge on any atom is -0.486 e. The van der Waals surface area contributed by atoms with Crippen LogP contribution in [0.2, 0.25) is 0 Å². The van der Waals surface area contributed by atoms with Gasteiger partial charge in [0.2, 0.25) is 0 Å². The van der Waals surface area contributed by atoms with Gasteiger partial charge in [-0.1, -0.05) is 6.92 Å². The highest BCUT2D eigenvalue weighted by atomic mass is 16.5. The summed E-state index contributed by atoms with van der Waals surface area (Å²) in [6, 6.07) is 6.01. The number of piperidine rings is 1. The highest BCUT2D eigenvalue weighted by Crippen LogP contribution is 2.47. The smallest absolute Gasteiger partial charge is 0.261 e. The summed E-state index contributed by atoms with van der Waals surface area (Å²) in [5.41, 5.74) is 3.73. The molecule has 1 spiro atoms. The van der Waals surface area contributed by atoms with Crippen LogP contribution in [-0.4, -0.2) is 77.4 Å². The lowest BCUT2D eigenvalue weighted by atomic mass is 9.79.